The summed E-state index contributed by atoms with van der Waals surface area (Å²) in [5, 5.41) is 6.95. The van der Waals surface area contributed by atoms with Crippen LogP contribution in [-0.4, -0.2) is 34.6 Å². The summed E-state index contributed by atoms with van der Waals surface area (Å²) in [4.78, 5) is 8.74. The van der Waals surface area contributed by atoms with Gasteiger partial charge in [-0.25, -0.2) is 4.98 Å². The van der Waals surface area contributed by atoms with Gasteiger partial charge in [0.15, 0.2) is 5.96 Å². The van der Waals surface area contributed by atoms with Crippen molar-refractivity contribution in [1.29, 1.82) is 0 Å². The largest absolute Gasteiger partial charge is 0.357 e. The van der Waals surface area contributed by atoms with E-state index in [-0.39, 0.29) is 0 Å². The van der Waals surface area contributed by atoms with Crippen LogP contribution in [0.2, 0.25) is 0 Å². The third kappa shape index (κ3) is 5.78. The van der Waals surface area contributed by atoms with Crippen LogP contribution in [0.3, 0.4) is 0 Å². The zero-order valence-corrected chi connectivity index (χ0v) is 13.4. The normalized spacial score (nSPS) is 23.0. The van der Waals surface area contributed by atoms with Crippen LogP contribution in [0.5, 0.6) is 0 Å². The summed E-state index contributed by atoms with van der Waals surface area (Å²) in [6, 6.07) is 0.590. The van der Waals surface area contributed by atoms with E-state index in [1.54, 1.807) is 0 Å². The number of hydrogen-bond donors (Lipinski definition) is 2. The molecule has 0 amide bonds. The van der Waals surface area contributed by atoms with Crippen molar-refractivity contribution in [3.05, 3.63) is 18.7 Å². The van der Waals surface area contributed by atoms with E-state index in [1.807, 2.05) is 18.7 Å². The van der Waals surface area contributed by atoms with Crippen molar-refractivity contribution in [2.24, 2.45) is 10.9 Å². The summed E-state index contributed by atoms with van der Waals surface area (Å²) in [5.41, 5.74) is 0. The maximum absolute atomic E-state index is 4.69. The van der Waals surface area contributed by atoms with Crippen LogP contribution < -0.4 is 10.6 Å². The standard InChI is InChI=1S/C16H29N5/c1-3-18-16(20-15-7-5-14(2)6-8-15)19-9-4-11-21-12-10-17-13-21/h10,12-15H,3-9,11H2,1-2H3,(H2,18,19,20). The molecule has 1 aromatic rings. The molecule has 0 unspecified atom stereocenters. The number of nitrogens with one attached hydrogen (secondary N) is 2. The van der Waals surface area contributed by atoms with Crippen LogP contribution in [-0.2, 0) is 6.54 Å². The Morgan fingerprint density at radius 2 is 2.14 bits per heavy atom. The highest BCUT2D eigenvalue weighted by atomic mass is 15.2. The van der Waals surface area contributed by atoms with Crippen molar-refractivity contribution in [1.82, 2.24) is 20.2 Å². The molecule has 0 saturated heterocycles. The lowest BCUT2D eigenvalue weighted by molar-refractivity contribution is 0.329. The molecule has 0 spiro atoms. The highest BCUT2D eigenvalue weighted by Gasteiger charge is 2.18. The van der Waals surface area contributed by atoms with Gasteiger partial charge in [-0.1, -0.05) is 6.92 Å². The van der Waals surface area contributed by atoms with Gasteiger partial charge in [0.05, 0.1) is 6.33 Å². The Balaban J connectivity index is 1.73. The first-order valence-electron chi connectivity index (χ1n) is 8.28. The highest BCUT2D eigenvalue weighted by Crippen LogP contribution is 2.23. The lowest BCUT2D eigenvalue weighted by atomic mass is 9.87. The topological polar surface area (TPSA) is 54.2 Å². The highest BCUT2D eigenvalue weighted by molar-refractivity contribution is 5.80. The second-order valence-electron chi connectivity index (χ2n) is 6.02. The molecular formula is C16H29N5. The lowest BCUT2D eigenvalue weighted by Crippen LogP contribution is -2.44. The maximum Gasteiger partial charge on any atom is 0.191 e. The third-order valence-electron chi connectivity index (χ3n) is 4.10. The average Bonchev–Trinajstić information content (AvgIpc) is 2.99. The van der Waals surface area contributed by atoms with Crippen LogP contribution in [0, 0.1) is 5.92 Å². The van der Waals surface area contributed by atoms with E-state index in [0.717, 1.165) is 37.9 Å². The minimum absolute atomic E-state index is 0.590. The zero-order chi connectivity index (χ0) is 14.9. The first-order chi connectivity index (χ1) is 10.3. The van der Waals surface area contributed by atoms with Gasteiger partial charge in [0.25, 0.3) is 0 Å². The van der Waals surface area contributed by atoms with Crippen molar-refractivity contribution >= 4 is 5.96 Å². The van der Waals surface area contributed by atoms with Crippen molar-refractivity contribution < 1.29 is 0 Å². The fraction of sp³-hybridized carbons (Fsp3) is 0.750. The second kappa shape index (κ2) is 8.70. The van der Waals surface area contributed by atoms with E-state index in [0.29, 0.717) is 6.04 Å². The monoisotopic (exact) mass is 291 g/mol. The smallest absolute Gasteiger partial charge is 0.191 e. The molecule has 2 N–H and O–H groups in total. The number of imidazole rings is 1. The fourth-order valence-corrected chi connectivity index (χ4v) is 2.78. The van der Waals surface area contributed by atoms with Gasteiger partial charge >= 0.3 is 0 Å². The molecule has 21 heavy (non-hydrogen) atoms. The van der Waals surface area contributed by atoms with Crippen LogP contribution in [0.1, 0.15) is 46.0 Å². The Labute approximate surface area is 128 Å². The van der Waals surface area contributed by atoms with Gasteiger partial charge in [0.1, 0.15) is 0 Å². The van der Waals surface area contributed by atoms with Gasteiger partial charge in [-0.3, -0.25) is 4.99 Å². The molecule has 1 aliphatic carbocycles. The van der Waals surface area contributed by atoms with Crippen molar-refractivity contribution in [2.75, 3.05) is 13.1 Å². The number of aryl methyl sites for hydroxylation is 1. The third-order valence-corrected chi connectivity index (χ3v) is 4.10. The van der Waals surface area contributed by atoms with E-state index in [2.05, 4.69) is 39.0 Å². The number of aliphatic imine (C=N–C) groups is 1. The Morgan fingerprint density at radius 1 is 1.33 bits per heavy atom. The minimum atomic E-state index is 0.590. The molecule has 5 heteroatoms. The molecule has 5 nitrogen and oxygen atoms in total. The Morgan fingerprint density at radius 3 is 2.81 bits per heavy atom. The van der Waals surface area contributed by atoms with Crippen LogP contribution in [0.4, 0.5) is 0 Å². The van der Waals surface area contributed by atoms with Gasteiger partial charge in [0.2, 0.25) is 0 Å². The molecule has 118 valence electrons. The second-order valence-corrected chi connectivity index (χ2v) is 6.02. The molecule has 0 atom stereocenters. The van der Waals surface area contributed by atoms with Gasteiger partial charge in [-0.2, -0.15) is 0 Å². The summed E-state index contributed by atoms with van der Waals surface area (Å²) in [7, 11) is 0. The number of aromatic nitrogens is 2. The van der Waals surface area contributed by atoms with E-state index in [9.17, 15) is 0 Å². The average molecular weight is 291 g/mol. The molecule has 1 aromatic heterocycles. The number of rotatable bonds is 6. The molecule has 1 saturated carbocycles. The molecule has 2 rings (SSSR count). The van der Waals surface area contributed by atoms with Crippen molar-refractivity contribution in [3.63, 3.8) is 0 Å². The molecule has 1 fully saturated rings. The van der Waals surface area contributed by atoms with E-state index in [4.69, 9.17) is 0 Å². The Kier molecular flexibility index (Phi) is 6.57. The number of guanidine groups is 1. The minimum Gasteiger partial charge on any atom is -0.357 e. The van der Waals surface area contributed by atoms with Crippen LogP contribution in [0.15, 0.2) is 23.7 Å². The van der Waals surface area contributed by atoms with Gasteiger partial charge in [0, 0.05) is 38.1 Å². The summed E-state index contributed by atoms with van der Waals surface area (Å²) in [5.74, 6) is 1.86. The first kappa shape index (κ1) is 15.9. The molecule has 1 heterocycles. The van der Waals surface area contributed by atoms with Crippen molar-refractivity contribution in [3.8, 4) is 0 Å². The quantitative estimate of drug-likeness (QED) is 0.481. The van der Waals surface area contributed by atoms with Gasteiger partial charge in [-0.15, -0.1) is 0 Å². The SMILES string of the molecule is CCNC(=NCCCn1ccnc1)NC1CCC(C)CC1. The molecule has 0 radical (unpaired) electrons. The lowest BCUT2D eigenvalue weighted by Gasteiger charge is -2.28. The molecule has 1 aliphatic rings. The van der Waals surface area contributed by atoms with E-state index < -0.39 is 0 Å². The summed E-state index contributed by atoms with van der Waals surface area (Å²) in [6.45, 7) is 7.20. The summed E-state index contributed by atoms with van der Waals surface area (Å²) < 4.78 is 2.10. The molecule has 0 aliphatic heterocycles. The predicted octanol–water partition coefficient (Wildman–Crippen LogP) is 2.41. The molecular weight excluding hydrogens is 262 g/mol. The van der Waals surface area contributed by atoms with E-state index in [1.165, 1.54) is 25.7 Å². The van der Waals surface area contributed by atoms with Crippen LogP contribution in [0.25, 0.3) is 0 Å². The van der Waals surface area contributed by atoms with Gasteiger partial charge < -0.3 is 15.2 Å². The van der Waals surface area contributed by atoms with E-state index >= 15 is 0 Å². The maximum atomic E-state index is 4.69. The summed E-state index contributed by atoms with van der Waals surface area (Å²) >= 11 is 0. The predicted molar refractivity (Wildman–Crippen MR) is 87.4 cm³/mol. The number of hydrogen-bond acceptors (Lipinski definition) is 2. The summed E-state index contributed by atoms with van der Waals surface area (Å²) in [6.07, 6.45) is 11.9. The van der Waals surface area contributed by atoms with Gasteiger partial charge in [-0.05, 0) is 44.9 Å². The Hall–Kier alpha value is -1.52. The molecule has 0 bridgehead atoms. The number of nitrogens with zero attached hydrogens (tertiary/aromatic N) is 3. The molecule has 0 aromatic carbocycles. The first-order valence-corrected chi connectivity index (χ1v) is 8.28. The van der Waals surface area contributed by atoms with Crippen LogP contribution >= 0.6 is 0 Å². The zero-order valence-electron chi connectivity index (χ0n) is 13.4. The van der Waals surface area contributed by atoms with Crippen molar-refractivity contribution in [2.45, 2.75) is 58.5 Å². The fourth-order valence-electron chi connectivity index (χ4n) is 2.78. The Bertz CT molecular complexity index is 404.